The number of amides is 2. The molecule has 2 N–H and O–H groups in total. The number of thioether (sulfide) groups is 1. The van der Waals surface area contributed by atoms with E-state index in [0.717, 1.165) is 34.8 Å². The van der Waals surface area contributed by atoms with E-state index in [1.807, 2.05) is 12.3 Å². The van der Waals surface area contributed by atoms with Gasteiger partial charge >= 0.3 is 18.2 Å². The van der Waals surface area contributed by atoms with Gasteiger partial charge in [-0.05, 0) is 61.2 Å². The summed E-state index contributed by atoms with van der Waals surface area (Å²) < 4.78 is 45.5. The summed E-state index contributed by atoms with van der Waals surface area (Å²) in [5.74, 6) is -0.493. The maximum Gasteiger partial charge on any atom is 0.416 e. The molecule has 1 aliphatic heterocycles. The molecule has 2 aromatic rings. The van der Waals surface area contributed by atoms with Gasteiger partial charge in [0.1, 0.15) is 6.04 Å². The summed E-state index contributed by atoms with van der Waals surface area (Å²) in [6.45, 7) is 1.76. The van der Waals surface area contributed by atoms with Gasteiger partial charge in [0.2, 0.25) is 5.96 Å². The van der Waals surface area contributed by atoms with Crippen molar-refractivity contribution in [1.29, 1.82) is 10.7 Å². The van der Waals surface area contributed by atoms with E-state index in [2.05, 4.69) is 5.32 Å². The van der Waals surface area contributed by atoms with Crippen LogP contribution >= 0.6 is 11.8 Å². The monoisotopic (exact) mass is 545 g/mol. The topological polar surface area (TPSA) is 110 Å². The Bertz CT molecular complexity index is 1290. The first-order chi connectivity index (χ1) is 18.0. The van der Waals surface area contributed by atoms with Crippen molar-refractivity contribution in [2.45, 2.75) is 25.6 Å². The van der Waals surface area contributed by atoms with Crippen LogP contribution in [0.4, 0.5) is 23.7 Å². The Kier molecular flexibility index (Phi) is 9.06. The van der Waals surface area contributed by atoms with Crippen molar-refractivity contribution in [1.82, 2.24) is 10.2 Å². The van der Waals surface area contributed by atoms with Crippen molar-refractivity contribution in [2.75, 3.05) is 30.6 Å². The minimum Gasteiger partial charge on any atom is -0.466 e. The zero-order valence-corrected chi connectivity index (χ0v) is 21.7. The van der Waals surface area contributed by atoms with Crippen LogP contribution < -0.4 is 10.2 Å². The third-order valence-electron chi connectivity index (χ3n) is 5.91. The standard InChI is InChI=1S/C26H26F3N5O3S/c1-16-21(23(35)37-2)22(18-10-8-17(15-30)9-11-18)34(25(36)32-12-5-13-38-3)24(31)33(16)20-7-4-6-19(14-20)26(27,28)29/h4,6-11,14,22,31H,5,12-13H2,1-3H3,(H,32,36). The molecule has 0 saturated heterocycles. The van der Waals surface area contributed by atoms with Crippen LogP contribution in [0.25, 0.3) is 0 Å². The Morgan fingerprint density at radius 2 is 1.89 bits per heavy atom. The zero-order valence-electron chi connectivity index (χ0n) is 20.9. The normalized spacial score (nSPS) is 15.8. The number of alkyl halides is 3. The van der Waals surface area contributed by atoms with Gasteiger partial charge in [-0.2, -0.15) is 30.2 Å². The van der Waals surface area contributed by atoms with Crippen molar-refractivity contribution < 1.29 is 27.5 Å². The van der Waals surface area contributed by atoms with E-state index < -0.39 is 35.7 Å². The van der Waals surface area contributed by atoms with E-state index in [9.17, 15) is 28.0 Å². The average molecular weight is 546 g/mol. The molecule has 0 spiro atoms. The Labute approximate surface area is 222 Å². The lowest BCUT2D eigenvalue weighted by atomic mass is 9.92. The van der Waals surface area contributed by atoms with Crippen molar-refractivity contribution in [3.8, 4) is 6.07 Å². The molecule has 2 aromatic carbocycles. The van der Waals surface area contributed by atoms with E-state index in [4.69, 9.17) is 10.1 Å². The number of anilines is 1. The summed E-state index contributed by atoms with van der Waals surface area (Å²) in [5, 5.41) is 20.9. The first-order valence-electron chi connectivity index (χ1n) is 11.5. The third kappa shape index (κ3) is 5.94. The van der Waals surface area contributed by atoms with Crippen LogP contribution in [0.3, 0.4) is 0 Å². The summed E-state index contributed by atoms with van der Waals surface area (Å²) >= 11 is 1.60. The smallest absolute Gasteiger partial charge is 0.416 e. The highest BCUT2D eigenvalue weighted by Crippen LogP contribution is 2.41. The van der Waals surface area contributed by atoms with Crippen molar-refractivity contribution in [3.63, 3.8) is 0 Å². The largest absolute Gasteiger partial charge is 0.466 e. The van der Waals surface area contributed by atoms with Crippen molar-refractivity contribution in [3.05, 3.63) is 76.5 Å². The van der Waals surface area contributed by atoms with Gasteiger partial charge in [-0.25, -0.2) is 9.59 Å². The molecular weight excluding hydrogens is 519 g/mol. The fraction of sp³-hybridized carbons (Fsp3) is 0.308. The Morgan fingerprint density at radius 1 is 1.21 bits per heavy atom. The van der Waals surface area contributed by atoms with Gasteiger partial charge in [-0.3, -0.25) is 15.2 Å². The minimum atomic E-state index is -4.64. The highest BCUT2D eigenvalue weighted by atomic mass is 32.2. The summed E-state index contributed by atoms with van der Waals surface area (Å²) in [6.07, 6.45) is -2.08. The third-order valence-corrected chi connectivity index (χ3v) is 6.61. The number of benzene rings is 2. The maximum atomic E-state index is 13.5. The van der Waals surface area contributed by atoms with Gasteiger partial charge in [-0.1, -0.05) is 18.2 Å². The number of halogens is 3. The molecule has 38 heavy (non-hydrogen) atoms. The molecule has 0 aromatic heterocycles. The summed E-state index contributed by atoms with van der Waals surface area (Å²) in [6, 6.07) is 10.6. The Morgan fingerprint density at radius 3 is 2.47 bits per heavy atom. The maximum absolute atomic E-state index is 13.5. The van der Waals surface area contributed by atoms with E-state index in [0.29, 0.717) is 17.5 Å². The molecule has 1 aliphatic rings. The number of carbonyl (C=O) groups is 2. The number of hydrogen-bond acceptors (Lipinski definition) is 6. The highest BCUT2D eigenvalue weighted by molar-refractivity contribution is 7.98. The Balaban J connectivity index is 2.22. The number of nitrogens with zero attached hydrogens (tertiary/aromatic N) is 3. The van der Waals surface area contributed by atoms with Crippen LogP contribution in [-0.4, -0.2) is 48.5 Å². The van der Waals surface area contributed by atoms with Crippen molar-refractivity contribution in [2.24, 2.45) is 0 Å². The fourth-order valence-electron chi connectivity index (χ4n) is 4.11. The predicted octanol–water partition coefficient (Wildman–Crippen LogP) is 5.28. The van der Waals surface area contributed by atoms with Crippen LogP contribution in [0, 0.1) is 16.7 Å². The molecule has 200 valence electrons. The minimum absolute atomic E-state index is 0.0371. The second kappa shape index (κ2) is 12.0. The molecule has 0 fully saturated rings. The first-order valence-corrected chi connectivity index (χ1v) is 12.9. The Hall–Kier alpha value is -3.98. The molecule has 0 radical (unpaired) electrons. The zero-order chi connectivity index (χ0) is 28.0. The van der Waals surface area contributed by atoms with Gasteiger partial charge in [0, 0.05) is 17.9 Å². The number of allylic oxidation sites excluding steroid dienone is 1. The number of hydrogen-bond donors (Lipinski definition) is 2. The van der Waals surface area contributed by atoms with E-state index >= 15 is 0 Å². The number of nitrogens with one attached hydrogen (secondary N) is 2. The second-order valence-electron chi connectivity index (χ2n) is 8.28. The van der Waals surface area contributed by atoms with E-state index in [-0.39, 0.29) is 23.5 Å². The van der Waals surface area contributed by atoms with E-state index in [1.54, 1.807) is 23.9 Å². The lowest BCUT2D eigenvalue weighted by Gasteiger charge is -2.43. The molecule has 3 rings (SSSR count). The number of urea groups is 1. The van der Waals surface area contributed by atoms with Crippen LogP contribution in [0.2, 0.25) is 0 Å². The summed E-state index contributed by atoms with van der Waals surface area (Å²) in [5.41, 5.74) is -0.151. The van der Waals surface area contributed by atoms with Crippen LogP contribution in [0.5, 0.6) is 0 Å². The molecule has 0 bridgehead atoms. The summed E-state index contributed by atoms with van der Waals surface area (Å²) in [4.78, 5) is 28.7. The number of methoxy groups -OCH3 is 1. The molecule has 2 amide bonds. The lowest BCUT2D eigenvalue weighted by Crippen LogP contribution is -2.56. The number of carbonyl (C=O) groups excluding carboxylic acids is 2. The molecule has 12 heteroatoms. The quantitative estimate of drug-likeness (QED) is 0.362. The molecule has 8 nitrogen and oxygen atoms in total. The molecule has 0 saturated carbocycles. The number of esters is 1. The van der Waals surface area contributed by atoms with E-state index in [1.165, 1.54) is 31.2 Å². The number of rotatable bonds is 7. The molecule has 1 atom stereocenters. The molecular formula is C26H26F3N5O3S. The second-order valence-corrected chi connectivity index (χ2v) is 9.27. The lowest BCUT2D eigenvalue weighted by molar-refractivity contribution is -0.138. The van der Waals surface area contributed by atoms with Crippen LogP contribution in [-0.2, 0) is 15.7 Å². The number of nitriles is 1. The van der Waals surface area contributed by atoms with Gasteiger partial charge < -0.3 is 10.1 Å². The summed E-state index contributed by atoms with van der Waals surface area (Å²) in [7, 11) is 1.15. The fourth-order valence-corrected chi connectivity index (χ4v) is 4.54. The first kappa shape index (κ1) is 28.6. The van der Waals surface area contributed by atoms with Gasteiger partial charge in [0.05, 0.1) is 29.9 Å². The molecule has 0 aliphatic carbocycles. The van der Waals surface area contributed by atoms with Crippen molar-refractivity contribution >= 4 is 35.4 Å². The van der Waals surface area contributed by atoms with Crippen LogP contribution in [0.1, 0.15) is 36.1 Å². The molecule has 1 heterocycles. The predicted molar refractivity (Wildman–Crippen MR) is 139 cm³/mol. The SMILES string of the molecule is COC(=O)C1=C(C)N(c2cccc(C(F)(F)F)c2)C(=N)N(C(=O)NCCCSC)C1c1ccc(C#N)cc1. The van der Waals surface area contributed by atoms with Gasteiger partial charge in [-0.15, -0.1) is 0 Å². The van der Waals surface area contributed by atoms with Gasteiger partial charge in [0.25, 0.3) is 0 Å². The average Bonchev–Trinajstić information content (AvgIpc) is 2.90. The van der Waals surface area contributed by atoms with Crippen LogP contribution in [0.15, 0.2) is 59.8 Å². The highest BCUT2D eigenvalue weighted by Gasteiger charge is 2.44. The van der Waals surface area contributed by atoms with Gasteiger partial charge in [0.15, 0.2) is 0 Å². The number of guanidine groups is 1. The molecule has 1 unspecified atom stereocenters. The number of ether oxygens (including phenoxy) is 1.